The van der Waals surface area contributed by atoms with Crippen LogP contribution in [-0.2, 0) is 9.59 Å². The van der Waals surface area contributed by atoms with Gasteiger partial charge in [0.05, 0.1) is 5.52 Å². The molecule has 1 aliphatic rings. The van der Waals surface area contributed by atoms with Crippen LogP contribution in [0.5, 0.6) is 17.2 Å². The lowest BCUT2D eigenvalue weighted by Crippen LogP contribution is -2.61. The Balaban J connectivity index is 0.00000129. The second kappa shape index (κ2) is 14.3. The summed E-state index contributed by atoms with van der Waals surface area (Å²) in [5, 5.41) is 34.1. The molecule has 1 fully saturated rings. The number of aliphatic hydroxyl groups is 1. The molecule has 3 aromatic carbocycles. The lowest BCUT2D eigenvalue weighted by atomic mass is 10.1. The number of ether oxygens (including phenoxy) is 2. The number of aliphatic hydroxyl groups excluding tert-OH is 1. The zero-order valence-corrected chi connectivity index (χ0v) is 23.5. The lowest BCUT2D eigenvalue weighted by molar-refractivity contribution is -0.138. The SMILES string of the molecule is CCCC(=N)c1ccc(OCC(=O)N2CC(NCC(O)COc3cccc4[nH]c5ccccc5c34)C2)c(O)c1.NC=O. The number of nitrogens with two attached hydrogens (primary N) is 1. The number of para-hydroxylation sites is 1. The number of phenols is 1. The number of benzene rings is 3. The van der Waals surface area contributed by atoms with Crippen LogP contribution < -0.4 is 20.5 Å². The fraction of sp³-hybridized carbons (Fsp3) is 0.323. The third-order valence-electron chi connectivity index (χ3n) is 6.96. The van der Waals surface area contributed by atoms with Crippen molar-refractivity contribution in [2.24, 2.45) is 5.73 Å². The van der Waals surface area contributed by atoms with Crippen LogP contribution in [0.4, 0.5) is 0 Å². The third kappa shape index (κ3) is 7.36. The third-order valence-corrected chi connectivity index (χ3v) is 6.96. The number of nitrogens with zero attached hydrogens (tertiary/aromatic N) is 1. The van der Waals surface area contributed by atoms with Crippen molar-refractivity contribution in [2.45, 2.75) is 31.9 Å². The van der Waals surface area contributed by atoms with Crippen molar-refractivity contribution in [1.82, 2.24) is 15.2 Å². The minimum atomic E-state index is -0.705. The molecule has 1 saturated heterocycles. The van der Waals surface area contributed by atoms with E-state index in [-0.39, 0.29) is 43.1 Å². The molecule has 1 unspecified atom stereocenters. The van der Waals surface area contributed by atoms with Gasteiger partial charge in [-0.1, -0.05) is 37.6 Å². The molecular formula is C31H37N5O6. The molecule has 1 atom stereocenters. The predicted octanol–water partition coefficient (Wildman–Crippen LogP) is 2.92. The van der Waals surface area contributed by atoms with Crippen molar-refractivity contribution in [3.63, 3.8) is 0 Å². The Kier molecular flexibility index (Phi) is 10.4. The molecule has 2 heterocycles. The van der Waals surface area contributed by atoms with Gasteiger partial charge in [0.2, 0.25) is 6.41 Å². The van der Waals surface area contributed by atoms with Crippen molar-refractivity contribution < 1.29 is 29.3 Å². The van der Waals surface area contributed by atoms with E-state index >= 15 is 0 Å². The highest BCUT2D eigenvalue weighted by Gasteiger charge is 2.31. The molecular weight excluding hydrogens is 538 g/mol. The van der Waals surface area contributed by atoms with Crippen molar-refractivity contribution in [1.29, 1.82) is 5.41 Å². The Morgan fingerprint density at radius 3 is 2.62 bits per heavy atom. The molecule has 7 N–H and O–H groups in total. The Labute approximate surface area is 243 Å². The number of rotatable bonds is 12. The van der Waals surface area contributed by atoms with Crippen molar-refractivity contribution in [2.75, 3.05) is 32.8 Å². The minimum Gasteiger partial charge on any atom is -0.504 e. The molecule has 0 radical (unpaired) electrons. The second-order valence-corrected chi connectivity index (χ2v) is 10.1. The second-order valence-electron chi connectivity index (χ2n) is 10.1. The van der Waals surface area contributed by atoms with E-state index in [1.54, 1.807) is 17.0 Å². The van der Waals surface area contributed by atoms with Gasteiger partial charge >= 0.3 is 0 Å². The Morgan fingerprint density at radius 1 is 1.14 bits per heavy atom. The van der Waals surface area contributed by atoms with E-state index in [1.807, 2.05) is 49.4 Å². The summed E-state index contributed by atoms with van der Waals surface area (Å²) in [6, 6.07) is 18.8. The monoisotopic (exact) mass is 575 g/mol. The summed E-state index contributed by atoms with van der Waals surface area (Å²) in [5.41, 5.74) is 7.30. The molecule has 0 bridgehead atoms. The molecule has 0 spiro atoms. The van der Waals surface area contributed by atoms with Crippen molar-refractivity contribution in [3.8, 4) is 17.2 Å². The van der Waals surface area contributed by atoms with Gasteiger partial charge in [0, 0.05) is 47.7 Å². The zero-order chi connectivity index (χ0) is 30.1. The van der Waals surface area contributed by atoms with Crippen LogP contribution in [0.1, 0.15) is 25.3 Å². The summed E-state index contributed by atoms with van der Waals surface area (Å²) in [7, 11) is 0. The highest BCUT2D eigenvalue weighted by Crippen LogP contribution is 2.33. The van der Waals surface area contributed by atoms with Gasteiger partial charge < -0.3 is 46.0 Å². The average Bonchev–Trinajstić information content (AvgIpc) is 3.34. The minimum absolute atomic E-state index is 0.0814. The maximum Gasteiger partial charge on any atom is 0.260 e. The first-order chi connectivity index (χ1) is 20.3. The zero-order valence-electron chi connectivity index (χ0n) is 23.5. The van der Waals surface area contributed by atoms with Gasteiger partial charge in [0.1, 0.15) is 18.5 Å². The molecule has 5 rings (SSSR count). The summed E-state index contributed by atoms with van der Waals surface area (Å²) in [6.07, 6.45) is 1.03. The molecule has 42 heavy (non-hydrogen) atoms. The van der Waals surface area contributed by atoms with Crippen LogP contribution in [0.3, 0.4) is 0 Å². The van der Waals surface area contributed by atoms with Crippen LogP contribution in [0.2, 0.25) is 0 Å². The van der Waals surface area contributed by atoms with Gasteiger partial charge in [0.15, 0.2) is 18.1 Å². The Hall–Kier alpha value is -4.61. The number of likely N-dealkylation sites (tertiary alicyclic amines) is 1. The summed E-state index contributed by atoms with van der Waals surface area (Å²) < 4.78 is 11.5. The number of primary amides is 1. The number of H-pyrrole nitrogens is 1. The smallest absolute Gasteiger partial charge is 0.260 e. The highest BCUT2D eigenvalue weighted by molar-refractivity contribution is 6.10. The number of hydrogen-bond donors (Lipinski definition) is 6. The van der Waals surface area contributed by atoms with Crippen LogP contribution in [0.25, 0.3) is 21.8 Å². The molecule has 0 saturated carbocycles. The summed E-state index contributed by atoms with van der Waals surface area (Å²) >= 11 is 0. The number of aromatic nitrogens is 1. The summed E-state index contributed by atoms with van der Waals surface area (Å²) in [4.78, 5) is 26.1. The van der Waals surface area contributed by atoms with Crippen LogP contribution >= 0.6 is 0 Å². The van der Waals surface area contributed by atoms with Crippen molar-refractivity contribution in [3.05, 3.63) is 66.2 Å². The van der Waals surface area contributed by atoms with Gasteiger partial charge in [-0.15, -0.1) is 0 Å². The van der Waals surface area contributed by atoms with Gasteiger partial charge in [-0.2, -0.15) is 0 Å². The van der Waals surface area contributed by atoms with E-state index in [0.29, 0.717) is 37.3 Å². The van der Waals surface area contributed by atoms with Gasteiger partial charge in [0.25, 0.3) is 5.91 Å². The van der Waals surface area contributed by atoms with Crippen LogP contribution in [0.15, 0.2) is 60.7 Å². The van der Waals surface area contributed by atoms with E-state index in [9.17, 15) is 15.0 Å². The van der Waals surface area contributed by atoms with Gasteiger partial charge in [-0.3, -0.25) is 9.59 Å². The molecule has 11 heteroatoms. The average molecular weight is 576 g/mol. The largest absolute Gasteiger partial charge is 0.504 e. The molecule has 4 aromatic rings. The van der Waals surface area contributed by atoms with E-state index in [1.165, 1.54) is 6.07 Å². The summed E-state index contributed by atoms with van der Waals surface area (Å²) in [6.45, 7) is 3.35. The Morgan fingerprint density at radius 2 is 1.88 bits per heavy atom. The number of hydrogen-bond acceptors (Lipinski definition) is 8. The number of nitrogens with one attached hydrogen (secondary N) is 3. The summed E-state index contributed by atoms with van der Waals surface area (Å²) in [5.74, 6) is 0.690. The molecule has 1 aliphatic heterocycles. The predicted molar refractivity (Wildman–Crippen MR) is 161 cm³/mol. The number of amides is 2. The van der Waals surface area contributed by atoms with Gasteiger partial charge in [-0.25, -0.2) is 0 Å². The topological polar surface area (TPSA) is 174 Å². The fourth-order valence-corrected chi connectivity index (χ4v) is 4.80. The van der Waals surface area contributed by atoms with Crippen molar-refractivity contribution >= 4 is 39.8 Å². The molecule has 222 valence electrons. The van der Waals surface area contributed by atoms with Gasteiger partial charge in [-0.05, 0) is 48.4 Å². The first kappa shape index (κ1) is 30.4. The molecule has 1 aromatic heterocycles. The van der Waals surface area contributed by atoms with E-state index in [4.69, 9.17) is 19.7 Å². The number of aromatic hydroxyl groups is 1. The van der Waals surface area contributed by atoms with E-state index in [0.717, 1.165) is 34.0 Å². The first-order valence-corrected chi connectivity index (χ1v) is 13.8. The number of carbonyl (C=O) groups is 2. The number of carbonyl (C=O) groups excluding carboxylic acids is 2. The van der Waals surface area contributed by atoms with Crippen LogP contribution in [0, 0.1) is 5.41 Å². The normalized spacial score (nSPS) is 13.6. The maximum absolute atomic E-state index is 12.5. The van der Waals surface area contributed by atoms with E-state index in [2.05, 4.69) is 16.0 Å². The number of fused-ring (bicyclic) bond motifs is 3. The standard InChI is InChI=1S/C30H34N4O5.CH3NO/c1-2-6-23(31)19-11-12-27(26(36)13-19)39-18-29(37)34-15-20(16-34)32-14-21(35)17-38-28-10-5-9-25-30(28)22-7-3-4-8-24(22)33-25;2-1-3/h3-5,7-13,20-21,31-33,35-36H,2,6,14-18H2,1H3;1H,(H2,2,3). The first-order valence-electron chi connectivity index (χ1n) is 13.8. The Bertz CT molecular complexity index is 1530. The molecule has 0 aliphatic carbocycles. The highest BCUT2D eigenvalue weighted by atomic mass is 16.5. The maximum atomic E-state index is 12.5. The van der Waals surface area contributed by atoms with E-state index < -0.39 is 6.10 Å². The lowest BCUT2D eigenvalue weighted by Gasteiger charge is -2.40. The van der Waals surface area contributed by atoms with Crippen LogP contribution in [-0.4, -0.2) is 83.1 Å². The fourth-order valence-electron chi connectivity index (χ4n) is 4.80. The number of aromatic amines is 1. The quantitative estimate of drug-likeness (QED) is 0.111. The number of phenolic OH excluding ortho intramolecular Hbond substituents is 1. The molecule has 11 nitrogen and oxygen atoms in total. The molecule has 2 amide bonds.